The number of hydrogen-bond donors (Lipinski definition) is 7. The minimum Gasteiger partial charge on any atom is -0.462 e. The van der Waals surface area contributed by atoms with Gasteiger partial charge in [-0.3, -0.25) is 9.59 Å². The quantitative estimate of drug-likeness (QED) is 0.0204. The molecule has 15 heteroatoms. The lowest BCUT2D eigenvalue weighted by atomic mass is 9.98. The summed E-state index contributed by atoms with van der Waals surface area (Å²) in [7, 11) is 0. The van der Waals surface area contributed by atoms with Crippen molar-refractivity contribution in [2.75, 3.05) is 26.4 Å². The molecule has 15 nitrogen and oxygen atoms in total. The molecular weight excluding hydrogens is 865 g/mol. The lowest BCUT2D eigenvalue weighted by molar-refractivity contribution is -0.332. The van der Waals surface area contributed by atoms with Crippen LogP contribution in [-0.2, 0) is 38.0 Å². The van der Waals surface area contributed by atoms with Crippen LogP contribution in [0.25, 0.3) is 0 Å². The van der Waals surface area contributed by atoms with Crippen molar-refractivity contribution >= 4 is 11.9 Å². The van der Waals surface area contributed by atoms with Gasteiger partial charge in [0.25, 0.3) is 0 Å². The first-order valence-electron chi connectivity index (χ1n) is 24.8. The minimum atomic E-state index is -1.78. The van der Waals surface area contributed by atoms with Gasteiger partial charge in [0.1, 0.15) is 55.4 Å². The number of ether oxygens (including phenoxy) is 6. The van der Waals surface area contributed by atoms with E-state index >= 15 is 0 Å². The van der Waals surface area contributed by atoms with E-state index in [9.17, 15) is 45.3 Å². The van der Waals surface area contributed by atoms with Crippen LogP contribution in [0.4, 0.5) is 0 Å². The van der Waals surface area contributed by atoms with Crippen molar-refractivity contribution in [3.05, 3.63) is 85.1 Å². The second-order valence-electron chi connectivity index (χ2n) is 17.1. The van der Waals surface area contributed by atoms with E-state index < -0.39 is 99.3 Å². The molecule has 0 radical (unpaired) electrons. The Morgan fingerprint density at radius 2 is 0.955 bits per heavy atom. The highest BCUT2D eigenvalue weighted by molar-refractivity contribution is 5.70. The number of carbonyl (C=O) groups is 2. The molecule has 2 aliphatic rings. The van der Waals surface area contributed by atoms with Gasteiger partial charge < -0.3 is 64.2 Å². The second-order valence-corrected chi connectivity index (χ2v) is 17.1. The highest BCUT2D eigenvalue weighted by Gasteiger charge is 2.47. The van der Waals surface area contributed by atoms with Gasteiger partial charge in [-0.15, -0.1) is 0 Å². The molecule has 2 fully saturated rings. The van der Waals surface area contributed by atoms with Crippen molar-refractivity contribution < 1.29 is 73.8 Å². The molecule has 2 heterocycles. The maximum atomic E-state index is 12.9. The monoisotopic (exact) mass is 949 g/mol. The van der Waals surface area contributed by atoms with Crippen molar-refractivity contribution in [2.45, 2.75) is 203 Å². The molecule has 0 amide bonds. The number of unbranched alkanes of at least 4 members (excludes halogenated alkanes) is 13. The van der Waals surface area contributed by atoms with Crippen LogP contribution in [0.1, 0.15) is 136 Å². The summed E-state index contributed by atoms with van der Waals surface area (Å²) >= 11 is 0. The van der Waals surface area contributed by atoms with E-state index in [1.807, 2.05) is 54.7 Å². The van der Waals surface area contributed by atoms with Crippen molar-refractivity contribution in [3.63, 3.8) is 0 Å². The first kappa shape index (κ1) is 59.8. The van der Waals surface area contributed by atoms with Gasteiger partial charge in [0.15, 0.2) is 18.7 Å². The van der Waals surface area contributed by atoms with Gasteiger partial charge in [-0.2, -0.15) is 0 Å². The molecule has 382 valence electrons. The van der Waals surface area contributed by atoms with Gasteiger partial charge in [0.2, 0.25) is 0 Å². The molecule has 0 aromatic heterocycles. The number of esters is 2. The summed E-state index contributed by atoms with van der Waals surface area (Å²) < 4.78 is 33.4. The van der Waals surface area contributed by atoms with Crippen molar-refractivity contribution in [2.24, 2.45) is 0 Å². The van der Waals surface area contributed by atoms with E-state index in [0.29, 0.717) is 19.3 Å². The second kappa shape index (κ2) is 38.5. The third kappa shape index (κ3) is 26.9. The topological polar surface area (TPSA) is 231 Å². The Hall–Kier alpha value is -3.32. The lowest BCUT2D eigenvalue weighted by Crippen LogP contribution is -2.61. The fraction of sp³-hybridized carbons (Fsp3) is 0.692. The number of rotatable bonds is 36. The van der Waals surface area contributed by atoms with E-state index in [1.165, 1.54) is 44.9 Å². The standard InChI is InChI=1S/C52H84O15/c1-3-5-7-9-11-13-15-17-18-19-20-21-23-24-26-28-30-32-34-43(54)62-37-40(65-44(55)35-33-31-29-27-25-22-16-14-12-10-8-6-4-2)38-63-51-50(61)48(59)46(57)42(67-51)39-64-52-49(60)47(58)45(56)41(36-53)66-52/h6,8,10,12,14,16,18-22,25,27,29,40-42,45-53,56-61H,3-5,7,9,11,13,15,17,23-24,26,28,30-39H2,1-2H3/b8-6+,12-10+,16-14+,19-18+,21-20+,25-22+,29-27+/t40?,41-,42-,45+,46+,47?,48?,49?,50?,51-,52-/m1/s1. The molecule has 2 rings (SSSR count). The molecule has 2 saturated heterocycles. The molecule has 0 aliphatic carbocycles. The Bertz CT molecular complexity index is 1490. The number of carbonyl (C=O) groups excluding carboxylic acids is 2. The molecular formula is C52H84O15. The molecule has 0 saturated carbocycles. The van der Waals surface area contributed by atoms with Gasteiger partial charge in [-0.05, 0) is 51.4 Å². The molecule has 2 aliphatic heterocycles. The number of hydrogen-bond acceptors (Lipinski definition) is 15. The van der Waals surface area contributed by atoms with Gasteiger partial charge >= 0.3 is 11.9 Å². The highest BCUT2D eigenvalue weighted by Crippen LogP contribution is 2.26. The Morgan fingerprint density at radius 1 is 0.493 bits per heavy atom. The predicted octanol–water partition coefficient (Wildman–Crippen LogP) is 6.43. The zero-order valence-electron chi connectivity index (χ0n) is 40.1. The SMILES string of the molecule is CC/C=C/C=C/C=C/C=C/C=C/CCCC(=O)OC(COC(=O)CCCCCCC/C=C/C=C/CCCCCCCCC)CO[C@@H]1O[C@H](CO[C@@H]2O[C@H](CO)[C@H](O)C(O)C2O)[C@H](O)C(O)C1O. The molecule has 5 unspecified atom stereocenters. The average molecular weight is 949 g/mol. The number of aliphatic hydroxyl groups is 7. The Balaban J connectivity index is 1.85. The van der Waals surface area contributed by atoms with Gasteiger partial charge in [-0.25, -0.2) is 0 Å². The van der Waals surface area contributed by atoms with E-state index in [0.717, 1.165) is 44.9 Å². The van der Waals surface area contributed by atoms with Crippen LogP contribution in [0.5, 0.6) is 0 Å². The van der Waals surface area contributed by atoms with E-state index in [1.54, 1.807) is 0 Å². The van der Waals surface area contributed by atoms with Crippen LogP contribution in [-0.4, -0.2) is 142 Å². The molecule has 7 N–H and O–H groups in total. The summed E-state index contributed by atoms with van der Waals surface area (Å²) in [4.78, 5) is 25.7. The number of allylic oxidation sites excluding steroid dienone is 14. The van der Waals surface area contributed by atoms with E-state index in [2.05, 4.69) is 44.2 Å². The third-order valence-electron chi connectivity index (χ3n) is 11.3. The van der Waals surface area contributed by atoms with Gasteiger partial charge in [0, 0.05) is 12.8 Å². The van der Waals surface area contributed by atoms with Crippen LogP contribution in [0.3, 0.4) is 0 Å². The predicted molar refractivity (Wildman–Crippen MR) is 256 cm³/mol. The molecule has 0 spiro atoms. The van der Waals surface area contributed by atoms with Crippen LogP contribution in [0.15, 0.2) is 85.1 Å². The summed E-state index contributed by atoms with van der Waals surface area (Å²) in [6.07, 6.45) is 29.2. The maximum Gasteiger partial charge on any atom is 0.306 e. The summed E-state index contributed by atoms with van der Waals surface area (Å²) in [5.41, 5.74) is 0. The largest absolute Gasteiger partial charge is 0.462 e. The fourth-order valence-corrected chi connectivity index (χ4v) is 7.18. The summed E-state index contributed by atoms with van der Waals surface area (Å²) in [5, 5.41) is 72.0. The van der Waals surface area contributed by atoms with Crippen molar-refractivity contribution in [3.8, 4) is 0 Å². The van der Waals surface area contributed by atoms with Crippen LogP contribution in [0, 0.1) is 0 Å². The van der Waals surface area contributed by atoms with Crippen molar-refractivity contribution in [1.29, 1.82) is 0 Å². The van der Waals surface area contributed by atoms with E-state index in [-0.39, 0.29) is 19.4 Å². The Morgan fingerprint density at radius 3 is 1.54 bits per heavy atom. The normalized spacial score (nSPS) is 26.7. The summed E-state index contributed by atoms with van der Waals surface area (Å²) in [6.45, 7) is 2.32. The van der Waals surface area contributed by atoms with Crippen LogP contribution >= 0.6 is 0 Å². The fourth-order valence-electron chi connectivity index (χ4n) is 7.18. The Kier molecular flexibility index (Phi) is 34.4. The maximum absolute atomic E-state index is 12.9. The third-order valence-corrected chi connectivity index (χ3v) is 11.3. The summed E-state index contributed by atoms with van der Waals surface area (Å²) in [6, 6.07) is 0. The smallest absolute Gasteiger partial charge is 0.306 e. The van der Waals surface area contributed by atoms with E-state index in [4.69, 9.17) is 28.4 Å². The lowest BCUT2D eigenvalue weighted by Gasteiger charge is -2.42. The molecule has 11 atom stereocenters. The molecule has 0 aromatic rings. The number of aliphatic hydroxyl groups excluding tert-OH is 7. The van der Waals surface area contributed by atoms with Crippen molar-refractivity contribution in [1.82, 2.24) is 0 Å². The highest BCUT2D eigenvalue weighted by atomic mass is 16.7. The van der Waals surface area contributed by atoms with Gasteiger partial charge in [0.05, 0.1) is 19.8 Å². The summed E-state index contributed by atoms with van der Waals surface area (Å²) in [5.74, 6) is -1.04. The zero-order chi connectivity index (χ0) is 48.9. The zero-order valence-corrected chi connectivity index (χ0v) is 40.1. The first-order valence-corrected chi connectivity index (χ1v) is 24.8. The Labute approximate surface area is 399 Å². The molecule has 0 bridgehead atoms. The molecule has 67 heavy (non-hydrogen) atoms. The first-order chi connectivity index (χ1) is 32.5. The van der Waals surface area contributed by atoms with Crippen LogP contribution < -0.4 is 0 Å². The minimum absolute atomic E-state index is 0.0606. The van der Waals surface area contributed by atoms with Crippen LogP contribution in [0.2, 0.25) is 0 Å². The van der Waals surface area contributed by atoms with Gasteiger partial charge in [-0.1, -0.05) is 157 Å². The average Bonchev–Trinajstić information content (AvgIpc) is 3.32. The molecule has 0 aromatic carbocycles.